The normalized spacial score (nSPS) is 22.0. The van der Waals surface area contributed by atoms with Gasteiger partial charge in [0.2, 0.25) is 0 Å². The van der Waals surface area contributed by atoms with Crippen LogP contribution in [0.5, 0.6) is 0 Å². The minimum Gasteiger partial charge on any atom is -0.205 e. The van der Waals surface area contributed by atoms with E-state index in [9.17, 15) is 8.78 Å². The van der Waals surface area contributed by atoms with Gasteiger partial charge in [-0.2, -0.15) is 5.26 Å². The Labute approximate surface area is 128 Å². The van der Waals surface area contributed by atoms with E-state index in [-0.39, 0.29) is 0 Å². The van der Waals surface area contributed by atoms with E-state index in [0.717, 1.165) is 12.0 Å². The minimum absolute atomic E-state index is 0.430. The summed E-state index contributed by atoms with van der Waals surface area (Å²) >= 11 is 0. The van der Waals surface area contributed by atoms with Gasteiger partial charge in [-0.1, -0.05) is 56.7 Å². The van der Waals surface area contributed by atoms with E-state index in [4.69, 9.17) is 5.26 Å². The molecule has 21 heavy (non-hydrogen) atoms. The fraction of sp³-hybridized carbons (Fsp3) is 0.588. The van der Waals surface area contributed by atoms with Gasteiger partial charge < -0.3 is 0 Å². The molecule has 0 atom stereocenters. The monoisotopic (exact) mass is 305 g/mol. The highest BCUT2D eigenvalue weighted by atomic mass is 28.2. The van der Waals surface area contributed by atoms with E-state index in [0.29, 0.717) is 20.6 Å². The van der Waals surface area contributed by atoms with Crippen LogP contribution in [0.1, 0.15) is 51.0 Å². The Morgan fingerprint density at radius 2 is 1.71 bits per heavy atom. The molecule has 0 bridgehead atoms. The first-order valence-corrected chi connectivity index (χ1v) is 8.97. The fourth-order valence-electron chi connectivity index (χ4n) is 3.18. The zero-order valence-corrected chi connectivity index (χ0v) is 13.5. The third-order valence-corrected chi connectivity index (χ3v) is 5.89. The Balaban J connectivity index is 1.86. The lowest BCUT2D eigenvalue weighted by Crippen LogP contribution is -2.22. The fourth-order valence-corrected chi connectivity index (χ4v) is 4.57. The maximum atomic E-state index is 13.6. The zero-order valence-electron chi connectivity index (χ0n) is 12.5. The summed E-state index contributed by atoms with van der Waals surface area (Å²) in [5.41, 5.74) is -0.469. The van der Waals surface area contributed by atoms with Crippen molar-refractivity contribution in [3.8, 4) is 6.07 Å². The van der Waals surface area contributed by atoms with Crippen molar-refractivity contribution in [1.29, 1.82) is 5.26 Å². The molecule has 4 heteroatoms. The van der Waals surface area contributed by atoms with Gasteiger partial charge in [-0.05, 0) is 24.0 Å². The van der Waals surface area contributed by atoms with Gasteiger partial charge in [0.15, 0.2) is 0 Å². The third kappa shape index (κ3) is 4.37. The predicted molar refractivity (Wildman–Crippen MR) is 81.6 cm³/mol. The topological polar surface area (TPSA) is 23.8 Å². The largest absolute Gasteiger partial charge is 0.205 e. The molecule has 0 spiro atoms. The standard InChI is InChI=1S/C17H21F2NSi/c1-2-3-12-4-6-13(7-5-12)11-21-14-8-16(18)15(10-20)17(19)9-14/h8-9,12-13H,2-7,11H2,1H3. The van der Waals surface area contributed by atoms with Crippen molar-refractivity contribution >= 4 is 14.7 Å². The molecule has 0 saturated heterocycles. The van der Waals surface area contributed by atoms with E-state index in [1.807, 2.05) is 0 Å². The molecule has 0 heterocycles. The number of nitrogens with zero attached hydrogens (tertiary/aromatic N) is 1. The third-order valence-electron chi connectivity index (χ3n) is 4.41. The van der Waals surface area contributed by atoms with Gasteiger partial charge in [-0.15, -0.1) is 0 Å². The zero-order chi connectivity index (χ0) is 15.2. The Morgan fingerprint density at radius 3 is 2.24 bits per heavy atom. The van der Waals surface area contributed by atoms with Crippen LogP contribution in [0.3, 0.4) is 0 Å². The van der Waals surface area contributed by atoms with Crippen molar-refractivity contribution < 1.29 is 8.78 Å². The van der Waals surface area contributed by atoms with Gasteiger partial charge in [-0.25, -0.2) is 8.78 Å². The summed E-state index contributed by atoms with van der Waals surface area (Å²) in [6, 6.07) is 5.23. The van der Waals surface area contributed by atoms with Gasteiger partial charge in [0.05, 0.1) is 9.52 Å². The highest BCUT2D eigenvalue weighted by Gasteiger charge is 2.21. The van der Waals surface area contributed by atoms with Gasteiger partial charge >= 0.3 is 0 Å². The van der Waals surface area contributed by atoms with Crippen molar-refractivity contribution in [1.82, 2.24) is 0 Å². The predicted octanol–water partition coefficient (Wildman–Crippen LogP) is 4.19. The van der Waals surface area contributed by atoms with Crippen molar-refractivity contribution in [3.63, 3.8) is 0 Å². The van der Waals surface area contributed by atoms with Crippen molar-refractivity contribution in [2.24, 2.45) is 11.8 Å². The highest BCUT2D eigenvalue weighted by Crippen LogP contribution is 2.33. The second-order valence-corrected chi connectivity index (χ2v) is 7.32. The molecule has 1 aliphatic rings. The number of hydrogen-bond acceptors (Lipinski definition) is 1. The first-order chi connectivity index (χ1) is 10.1. The molecule has 2 radical (unpaired) electrons. The van der Waals surface area contributed by atoms with Gasteiger partial charge in [-0.3, -0.25) is 0 Å². The van der Waals surface area contributed by atoms with E-state index < -0.39 is 17.2 Å². The van der Waals surface area contributed by atoms with Gasteiger partial charge in [0.25, 0.3) is 0 Å². The quantitative estimate of drug-likeness (QED) is 0.748. The van der Waals surface area contributed by atoms with Crippen molar-refractivity contribution in [2.75, 3.05) is 0 Å². The SMILES string of the molecule is CCCC1CCC(C[Si]c2cc(F)c(C#N)c(F)c2)CC1. The van der Waals surface area contributed by atoms with Crippen LogP contribution in [-0.2, 0) is 0 Å². The van der Waals surface area contributed by atoms with Crippen LogP contribution in [0.25, 0.3) is 0 Å². The Kier molecular flexibility index (Phi) is 5.92. The molecule has 1 nitrogen and oxygen atoms in total. The molecule has 1 aromatic rings. The second-order valence-electron chi connectivity index (χ2n) is 5.98. The molecule has 1 saturated carbocycles. The van der Waals surface area contributed by atoms with Crippen LogP contribution in [0.4, 0.5) is 8.78 Å². The summed E-state index contributed by atoms with van der Waals surface area (Å²) < 4.78 is 27.1. The molecule has 0 aliphatic heterocycles. The minimum atomic E-state index is -0.730. The second kappa shape index (κ2) is 7.70. The smallest absolute Gasteiger partial charge is 0.143 e. The summed E-state index contributed by atoms with van der Waals surface area (Å²) in [5.74, 6) is 0.121. The van der Waals surface area contributed by atoms with E-state index in [1.54, 1.807) is 6.07 Å². The van der Waals surface area contributed by atoms with Gasteiger partial charge in [0, 0.05) is 0 Å². The molecule has 1 aliphatic carbocycles. The number of hydrogen-bond donors (Lipinski definition) is 0. The molecule has 2 rings (SSSR count). The Hall–Kier alpha value is -1.21. The molecular weight excluding hydrogens is 284 g/mol. The molecule has 1 fully saturated rings. The van der Waals surface area contributed by atoms with Crippen LogP contribution < -0.4 is 5.19 Å². The Morgan fingerprint density at radius 1 is 1.14 bits per heavy atom. The summed E-state index contributed by atoms with van der Waals surface area (Å²) in [4.78, 5) is 0. The van der Waals surface area contributed by atoms with E-state index in [2.05, 4.69) is 6.92 Å². The molecule has 0 unspecified atom stereocenters. The van der Waals surface area contributed by atoms with E-state index >= 15 is 0 Å². The number of nitriles is 1. The summed E-state index contributed by atoms with van der Waals surface area (Å²) in [7, 11) is 0.430. The maximum Gasteiger partial charge on any atom is 0.143 e. The van der Waals surface area contributed by atoms with Crippen LogP contribution in [0, 0.1) is 34.8 Å². The van der Waals surface area contributed by atoms with Crippen LogP contribution in [0.2, 0.25) is 6.04 Å². The van der Waals surface area contributed by atoms with Crippen LogP contribution in [0.15, 0.2) is 12.1 Å². The lowest BCUT2D eigenvalue weighted by molar-refractivity contribution is 0.276. The lowest BCUT2D eigenvalue weighted by Gasteiger charge is -2.28. The average Bonchev–Trinajstić information content (AvgIpc) is 2.47. The molecule has 0 amide bonds. The first kappa shape index (κ1) is 16.2. The van der Waals surface area contributed by atoms with Crippen LogP contribution in [-0.4, -0.2) is 9.52 Å². The Bertz CT molecular complexity index is 493. The van der Waals surface area contributed by atoms with E-state index in [1.165, 1.54) is 50.7 Å². The molecule has 0 aromatic heterocycles. The summed E-state index contributed by atoms with van der Waals surface area (Å²) in [6.45, 7) is 2.24. The number of benzene rings is 1. The summed E-state index contributed by atoms with van der Waals surface area (Å²) in [6.07, 6.45) is 7.71. The van der Waals surface area contributed by atoms with Crippen LogP contribution >= 0.6 is 0 Å². The lowest BCUT2D eigenvalue weighted by atomic mass is 9.81. The molecule has 0 N–H and O–H groups in total. The maximum absolute atomic E-state index is 13.6. The molecular formula is C17H21F2NSi. The molecule has 1 aromatic carbocycles. The van der Waals surface area contributed by atoms with Crippen molar-refractivity contribution in [2.45, 2.75) is 51.5 Å². The highest BCUT2D eigenvalue weighted by molar-refractivity contribution is 6.53. The average molecular weight is 305 g/mol. The summed E-state index contributed by atoms with van der Waals surface area (Å²) in [5, 5.41) is 9.36. The van der Waals surface area contributed by atoms with Crippen molar-refractivity contribution in [3.05, 3.63) is 29.3 Å². The van der Waals surface area contributed by atoms with Gasteiger partial charge in [0.1, 0.15) is 23.3 Å². The first-order valence-electron chi connectivity index (χ1n) is 7.77. The number of rotatable bonds is 5. The molecule has 112 valence electrons. The number of halogens is 2.